The van der Waals surface area contributed by atoms with E-state index in [1.807, 2.05) is 43.3 Å². The first-order valence-corrected chi connectivity index (χ1v) is 6.23. The van der Waals surface area contributed by atoms with Crippen molar-refractivity contribution >= 4 is 0 Å². The highest BCUT2D eigenvalue weighted by molar-refractivity contribution is 5.39. The van der Waals surface area contributed by atoms with Crippen molar-refractivity contribution in [3.63, 3.8) is 0 Å². The smallest absolute Gasteiger partial charge is 0.218 e. The highest BCUT2D eigenvalue weighted by atomic mass is 16.5. The number of ether oxygens (including phenoxy) is 2. The van der Waals surface area contributed by atoms with Crippen LogP contribution in [0.25, 0.3) is 0 Å². The highest BCUT2D eigenvalue weighted by Gasteiger charge is 2.15. The summed E-state index contributed by atoms with van der Waals surface area (Å²) in [5.41, 5.74) is 8.11. The minimum atomic E-state index is -0.288. The maximum atomic E-state index is 6.28. The molecule has 0 saturated heterocycles. The van der Waals surface area contributed by atoms with Crippen LogP contribution in [0.5, 0.6) is 11.6 Å². The molecule has 0 bridgehead atoms. The fourth-order valence-corrected chi connectivity index (χ4v) is 1.95. The molecule has 1 heterocycles. The van der Waals surface area contributed by atoms with E-state index in [1.54, 1.807) is 13.3 Å². The molecular formula is C15H18N2O2. The van der Waals surface area contributed by atoms with Gasteiger partial charge in [0.2, 0.25) is 5.88 Å². The van der Waals surface area contributed by atoms with Gasteiger partial charge in [0.25, 0.3) is 0 Å². The van der Waals surface area contributed by atoms with Crippen molar-refractivity contribution in [2.24, 2.45) is 5.73 Å². The third-order valence-corrected chi connectivity index (χ3v) is 2.86. The topological polar surface area (TPSA) is 57.4 Å². The average Bonchev–Trinajstić information content (AvgIpc) is 2.47. The summed E-state index contributed by atoms with van der Waals surface area (Å²) in [6.07, 6.45) is 1.69. The Morgan fingerprint density at radius 1 is 1.26 bits per heavy atom. The van der Waals surface area contributed by atoms with Crippen LogP contribution in [0.4, 0.5) is 0 Å². The molecule has 0 amide bonds. The van der Waals surface area contributed by atoms with Crippen molar-refractivity contribution in [3.05, 3.63) is 53.7 Å². The SMILES string of the molecule is CCOc1cccc(C(N)c2cccnc2OC)c1. The quantitative estimate of drug-likeness (QED) is 0.895. The molecule has 1 aromatic heterocycles. The molecule has 2 N–H and O–H groups in total. The molecule has 1 unspecified atom stereocenters. The van der Waals surface area contributed by atoms with Gasteiger partial charge < -0.3 is 15.2 Å². The Morgan fingerprint density at radius 3 is 2.84 bits per heavy atom. The van der Waals surface area contributed by atoms with Crippen molar-refractivity contribution in [3.8, 4) is 11.6 Å². The molecule has 4 heteroatoms. The largest absolute Gasteiger partial charge is 0.494 e. The van der Waals surface area contributed by atoms with E-state index in [-0.39, 0.29) is 6.04 Å². The van der Waals surface area contributed by atoms with Gasteiger partial charge in [0.1, 0.15) is 5.75 Å². The Morgan fingerprint density at radius 2 is 2.11 bits per heavy atom. The number of benzene rings is 1. The second-order valence-corrected chi connectivity index (χ2v) is 4.09. The molecule has 0 saturated carbocycles. The predicted molar refractivity (Wildman–Crippen MR) is 74.4 cm³/mol. The van der Waals surface area contributed by atoms with Gasteiger partial charge in [0, 0.05) is 11.8 Å². The van der Waals surface area contributed by atoms with E-state index in [0.717, 1.165) is 16.9 Å². The molecule has 1 aromatic carbocycles. The molecule has 0 aliphatic carbocycles. The van der Waals surface area contributed by atoms with Gasteiger partial charge in [-0.2, -0.15) is 0 Å². The lowest BCUT2D eigenvalue weighted by molar-refractivity contribution is 0.339. The van der Waals surface area contributed by atoms with Gasteiger partial charge in [0.05, 0.1) is 19.8 Å². The second kappa shape index (κ2) is 6.20. The van der Waals surface area contributed by atoms with E-state index in [0.29, 0.717) is 12.5 Å². The third kappa shape index (κ3) is 3.03. The summed E-state index contributed by atoms with van der Waals surface area (Å²) in [6, 6.07) is 11.3. The summed E-state index contributed by atoms with van der Waals surface area (Å²) in [7, 11) is 1.59. The van der Waals surface area contributed by atoms with Gasteiger partial charge in [-0.1, -0.05) is 18.2 Å². The first kappa shape index (κ1) is 13.4. The molecule has 0 aliphatic heterocycles. The first-order valence-electron chi connectivity index (χ1n) is 6.23. The van der Waals surface area contributed by atoms with Crippen LogP contribution in [0, 0.1) is 0 Å². The van der Waals surface area contributed by atoms with Crippen LogP contribution in [0.2, 0.25) is 0 Å². The van der Waals surface area contributed by atoms with E-state index in [9.17, 15) is 0 Å². The van der Waals surface area contributed by atoms with Gasteiger partial charge in [-0.25, -0.2) is 4.98 Å². The second-order valence-electron chi connectivity index (χ2n) is 4.09. The summed E-state index contributed by atoms with van der Waals surface area (Å²) in [5.74, 6) is 1.37. The van der Waals surface area contributed by atoms with Crippen LogP contribution in [-0.2, 0) is 0 Å². The molecule has 2 rings (SSSR count). The molecule has 19 heavy (non-hydrogen) atoms. The molecule has 4 nitrogen and oxygen atoms in total. The van der Waals surface area contributed by atoms with E-state index in [1.165, 1.54) is 0 Å². The zero-order valence-electron chi connectivity index (χ0n) is 11.2. The number of pyridine rings is 1. The van der Waals surface area contributed by atoms with Crippen LogP contribution in [0.15, 0.2) is 42.6 Å². The number of nitrogens with zero attached hydrogens (tertiary/aromatic N) is 1. The van der Waals surface area contributed by atoms with Crippen molar-refractivity contribution in [1.82, 2.24) is 4.98 Å². The Balaban J connectivity index is 2.32. The number of methoxy groups -OCH3 is 1. The maximum absolute atomic E-state index is 6.28. The molecule has 0 spiro atoms. The van der Waals surface area contributed by atoms with Crippen molar-refractivity contribution < 1.29 is 9.47 Å². The zero-order chi connectivity index (χ0) is 13.7. The van der Waals surface area contributed by atoms with Crippen molar-refractivity contribution in [2.75, 3.05) is 13.7 Å². The summed E-state index contributed by atoms with van der Waals surface area (Å²) < 4.78 is 10.7. The molecule has 0 fully saturated rings. The molecule has 0 aliphatic rings. The minimum Gasteiger partial charge on any atom is -0.494 e. The first-order chi connectivity index (χ1) is 9.26. The fourth-order valence-electron chi connectivity index (χ4n) is 1.95. The lowest BCUT2D eigenvalue weighted by atomic mass is 10.0. The standard InChI is InChI=1S/C15H18N2O2/c1-3-19-12-7-4-6-11(10-12)14(16)13-8-5-9-17-15(13)18-2/h4-10,14H,3,16H2,1-2H3. The van der Waals surface area contributed by atoms with Crippen LogP contribution in [0.1, 0.15) is 24.1 Å². The molecule has 2 aromatic rings. The maximum Gasteiger partial charge on any atom is 0.218 e. The Labute approximate surface area is 113 Å². The summed E-state index contributed by atoms with van der Waals surface area (Å²) >= 11 is 0. The van der Waals surface area contributed by atoms with Crippen LogP contribution < -0.4 is 15.2 Å². The normalized spacial score (nSPS) is 11.9. The molecule has 1 atom stereocenters. The summed E-state index contributed by atoms with van der Waals surface area (Å²) in [4.78, 5) is 4.17. The Hall–Kier alpha value is -2.07. The van der Waals surface area contributed by atoms with Crippen LogP contribution in [0.3, 0.4) is 0 Å². The van der Waals surface area contributed by atoms with Gasteiger partial charge in [-0.05, 0) is 30.7 Å². The molecule has 100 valence electrons. The van der Waals surface area contributed by atoms with Crippen molar-refractivity contribution in [2.45, 2.75) is 13.0 Å². The lowest BCUT2D eigenvalue weighted by Gasteiger charge is -2.16. The number of rotatable bonds is 5. The van der Waals surface area contributed by atoms with E-state index in [4.69, 9.17) is 15.2 Å². The number of nitrogens with two attached hydrogens (primary N) is 1. The lowest BCUT2D eigenvalue weighted by Crippen LogP contribution is -2.13. The zero-order valence-corrected chi connectivity index (χ0v) is 11.2. The van der Waals surface area contributed by atoms with Gasteiger partial charge in [-0.3, -0.25) is 0 Å². The van der Waals surface area contributed by atoms with Gasteiger partial charge in [0.15, 0.2) is 0 Å². The Bertz CT molecular complexity index is 543. The molecular weight excluding hydrogens is 240 g/mol. The third-order valence-electron chi connectivity index (χ3n) is 2.86. The summed E-state index contributed by atoms with van der Waals surface area (Å²) in [5, 5.41) is 0. The predicted octanol–water partition coefficient (Wildman–Crippen LogP) is 2.54. The number of aromatic nitrogens is 1. The minimum absolute atomic E-state index is 0.288. The van der Waals surface area contributed by atoms with E-state index >= 15 is 0 Å². The Kier molecular flexibility index (Phi) is 4.36. The number of hydrogen-bond acceptors (Lipinski definition) is 4. The summed E-state index contributed by atoms with van der Waals surface area (Å²) in [6.45, 7) is 2.59. The van der Waals surface area contributed by atoms with Crippen LogP contribution >= 0.6 is 0 Å². The number of hydrogen-bond donors (Lipinski definition) is 1. The average molecular weight is 258 g/mol. The monoisotopic (exact) mass is 258 g/mol. The van der Waals surface area contributed by atoms with E-state index < -0.39 is 0 Å². The van der Waals surface area contributed by atoms with Crippen molar-refractivity contribution in [1.29, 1.82) is 0 Å². The van der Waals surface area contributed by atoms with Crippen LogP contribution in [-0.4, -0.2) is 18.7 Å². The fraction of sp³-hybridized carbons (Fsp3) is 0.267. The molecule has 0 radical (unpaired) electrons. The van der Waals surface area contributed by atoms with Gasteiger partial charge in [-0.15, -0.1) is 0 Å². The van der Waals surface area contributed by atoms with E-state index in [2.05, 4.69) is 4.98 Å². The van der Waals surface area contributed by atoms with Gasteiger partial charge >= 0.3 is 0 Å². The highest BCUT2D eigenvalue weighted by Crippen LogP contribution is 2.28.